The molecule has 1 atom stereocenters. The van der Waals surface area contributed by atoms with Crippen LogP contribution in [0.25, 0.3) is 0 Å². The Labute approximate surface area is 145 Å². The van der Waals surface area contributed by atoms with Gasteiger partial charge < -0.3 is 10.1 Å². The molecule has 2 aromatic carbocycles. The Kier molecular flexibility index (Phi) is 4.76. The number of nitrogens with two attached hydrogens (primary N) is 1. The number of hydrogen-bond donors (Lipinski definition) is 3. The maximum Gasteiger partial charge on any atom is 0.321 e. The third-order valence-corrected chi connectivity index (χ3v) is 6.71. The molecule has 0 bridgehead atoms. The second-order valence-electron chi connectivity index (χ2n) is 5.82. The SMILES string of the molecule is O=C(NO)C1(S(=O)(=O)c2ccc(Oc3ccccc3)cc2)CCC[NH2+]1. The zero-order valence-corrected chi connectivity index (χ0v) is 14.2. The van der Waals surface area contributed by atoms with Crippen molar-refractivity contribution in [2.24, 2.45) is 0 Å². The number of nitrogens with one attached hydrogen (secondary N) is 1. The lowest BCUT2D eigenvalue weighted by atomic mass is 10.2. The second kappa shape index (κ2) is 6.83. The molecule has 1 aliphatic heterocycles. The minimum absolute atomic E-state index is 0.00895. The van der Waals surface area contributed by atoms with Crippen molar-refractivity contribution in [3.8, 4) is 11.5 Å². The Morgan fingerprint density at radius 1 is 1.08 bits per heavy atom. The van der Waals surface area contributed by atoms with Gasteiger partial charge in [0.1, 0.15) is 11.5 Å². The van der Waals surface area contributed by atoms with Crippen LogP contribution >= 0.6 is 0 Å². The van der Waals surface area contributed by atoms with E-state index in [1.807, 2.05) is 18.2 Å². The van der Waals surface area contributed by atoms with Crippen LogP contribution < -0.4 is 15.5 Å². The molecule has 0 saturated carbocycles. The van der Waals surface area contributed by atoms with Gasteiger partial charge in [0.15, 0.2) is 0 Å². The molecule has 132 valence electrons. The number of hydrogen-bond acceptors (Lipinski definition) is 5. The number of amides is 1. The Balaban J connectivity index is 1.89. The van der Waals surface area contributed by atoms with E-state index in [2.05, 4.69) is 0 Å². The molecule has 0 spiro atoms. The summed E-state index contributed by atoms with van der Waals surface area (Å²) in [5.41, 5.74) is 1.49. The van der Waals surface area contributed by atoms with Gasteiger partial charge in [0.05, 0.1) is 11.4 Å². The summed E-state index contributed by atoms with van der Waals surface area (Å²) in [6, 6.07) is 15.0. The first-order valence-electron chi connectivity index (χ1n) is 7.86. The highest BCUT2D eigenvalue weighted by molar-refractivity contribution is 7.93. The van der Waals surface area contributed by atoms with Gasteiger partial charge in [0.2, 0.25) is 9.84 Å². The lowest BCUT2D eigenvalue weighted by Crippen LogP contribution is -2.98. The molecule has 1 heterocycles. The Hall–Kier alpha value is -2.42. The zero-order chi connectivity index (χ0) is 17.9. The fraction of sp³-hybridized carbons (Fsp3) is 0.235. The van der Waals surface area contributed by atoms with Gasteiger partial charge in [-0.2, -0.15) is 0 Å². The summed E-state index contributed by atoms with van der Waals surface area (Å²) >= 11 is 0. The van der Waals surface area contributed by atoms with Gasteiger partial charge >= 0.3 is 5.91 Å². The number of rotatable bonds is 5. The number of para-hydroxylation sites is 1. The fourth-order valence-corrected chi connectivity index (χ4v) is 4.95. The molecule has 3 rings (SSSR count). The molecule has 1 unspecified atom stereocenters. The van der Waals surface area contributed by atoms with Gasteiger partial charge in [-0.1, -0.05) is 18.2 Å². The molecule has 1 saturated heterocycles. The van der Waals surface area contributed by atoms with Crippen LogP contribution in [0.15, 0.2) is 59.5 Å². The van der Waals surface area contributed by atoms with E-state index in [-0.39, 0.29) is 11.3 Å². The highest BCUT2D eigenvalue weighted by Gasteiger charge is 2.57. The standard InChI is InChI=1S/C17H18N2O5S/c20-16(19-21)17(11-4-12-18-17)25(22,23)15-9-7-14(8-10-15)24-13-5-2-1-3-6-13/h1-3,5-10,18,21H,4,11-12H2,(H,19,20)/p+1. The number of benzene rings is 2. The third kappa shape index (κ3) is 3.11. The molecular weight excluding hydrogens is 344 g/mol. The molecule has 0 aliphatic carbocycles. The summed E-state index contributed by atoms with van der Waals surface area (Å²) in [7, 11) is -3.98. The maximum atomic E-state index is 13.0. The van der Waals surface area contributed by atoms with Crippen LogP contribution in [0.3, 0.4) is 0 Å². The molecule has 2 aromatic rings. The highest BCUT2D eigenvalue weighted by Crippen LogP contribution is 2.29. The Morgan fingerprint density at radius 3 is 2.28 bits per heavy atom. The van der Waals surface area contributed by atoms with Crippen molar-refractivity contribution in [2.75, 3.05) is 6.54 Å². The molecular formula is C17H19N2O5S+. The number of hydroxylamine groups is 1. The van der Waals surface area contributed by atoms with Crippen molar-refractivity contribution in [3.05, 3.63) is 54.6 Å². The first-order valence-corrected chi connectivity index (χ1v) is 9.34. The van der Waals surface area contributed by atoms with Crippen LogP contribution in [0.5, 0.6) is 11.5 Å². The molecule has 0 aromatic heterocycles. The zero-order valence-electron chi connectivity index (χ0n) is 13.4. The van der Waals surface area contributed by atoms with E-state index in [0.717, 1.165) is 0 Å². The van der Waals surface area contributed by atoms with E-state index in [9.17, 15) is 13.2 Å². The van der Waals surface area contributed by atoms with Crippen molar-refractivity contribution >= 4 is 15.7 Å². The van der Waals surface area contributed by atoms with Crippen LogP contribution in [0.1, 0.15) is 12.8 Å². The maximum absolute atomic E-state index is 13.0. The lowest BCUT2D eigenvalue weighted by Gasteiger charge is -2.23. The van der Waals surface area contributed by atoms with Gasteiger partial charge in [-0.05, 0) is 36.4 Å². The molecule has 1 amide bonds. The van der Waals surface area contributed by atoms with Gasteiger partial charge in [-0.25, -0.2) is 13.9 Å². The summed E-state index contributed by atoms with van der Waals surface area (Å²) in [6.45, 7) is 0.502. The molecule has 0 radical (unpaired) electrons. The van der Waals surface area contributed by atoms with Crippen LogP contribution in [0.4, 0.5) is 0 Å². The van der Waals surface area contributed by atoms with E-state index in [1.54, 1.807) is 24.3 Å². The lowest BCUT2D eigenvalue weighted by molar-refractivity contribution is -0.671. The summed E-state index contributed by atoms with van der Waals surface area (Å²) < 4.78 is 31.6. The summed E-state index contributed by atoms with van der Waals surface area (Å²) in [5.74, 6) is 0.203. The predicted octanol–water partition coefficient (Wildman–Crippen LogP) is 0.811. The minimum Gasteiger partial charge on any atom is -0.457 e. The van der Waals surface area contributed by atoms with Gasteiger partial charge in [-0.3, -0.25) is 10.0 Å². The van der Waals surface area contributed by atoms with E-state index < -0.39 is 20.6 Å². The van der Waals surface area contributed by atoms with Crippen molar-refractivity contribution in [3.63, 3.8) is 0 Å². The van der Waals surface area contributed by atoms with Crippen LogP contribution in [-0.4, -0.2) is 30.9 Å². The quantitative estimate of drug-likeness (QED) is 0.538. The fourth-order valence-electron chi connectivity index (χ4n) is 2.99. The van der Waals surface area contributed by atoms with Crippen LogP contribution in [0.2, 0.25) is 0 Å². The second-order valence-corrected chi connectivity index (χ2v) is 8.02. The molecule has 25 heavy (non-hydrogen) atoms. The smallest absolute Gasteiger partial charge is 0.321 e. The monoisotopic (exact) mass is 363 g/mol. The largest absolute Gasteiger partial charge is 0.457 e. The Bertz CT molecular complexity index is 844. The normalized spacial score (nSPS) is 20.2. The summed E-state index contributed by atoms with van der Waals surface area (Å²) in [5, 5.41) is 10.4. The summed E-state index contributed by atoms with van der Waals surface area (Å²) in [4.78, 5) is 10.3. The molecule has 4 N–H and O–H groups in total. The van der Waals surface area contributed by atoms with Crippen molar-refractivity contribution in [2.45, 2.75) is 22.6 Å². The number of carbonyl (C=O) groups excluding carboxylic acids is 1. The molecule has 8 heteroatoms. The van der Waals surface area contributed by atoms with Gasteiger partial charge in [-0.15, -0.1) is 0 Å². The van der Waals surface area contributed by atoms with E-state index in [1.165, 1.54) is 22.9 Å². The first-order chi connectivity index (χ1) is 12.0. The third-order valence-electron chi connectivity index (χ3n) is 4.30. The first kappa shape index (κ1) is 17.4. The highest BCUT2D eigenvalue weighted by atomic mass is 32.2. The van der Waals surface area contributed by atoms with Gasteiger partial charge in [0, 0.05) is 12.8 Å². The van der Waals surface area contributed by atoms with E-state index in [4.69, 9.17) is 9.94 Å². The number of ether oxygens (including phenoxy) is 1. The number of carbonyl (C=O) groups is 1. The molecule has 7 nitrogen and oxygen atoms in total. The topological polar surface area (TPSA) is 109 Å². The van der Waals surface area contributed by atoms with E-state index >= 15 is 0 Å². The van der Waals surface area contributed by atoms with Crippen molar-refractivity contribution in [1.82, 2.24) is 5.48 Å². The van der Waals surface area contributed by atoms with Crippen LogP contribution in [0, 0.1) is 0 Å². The average Bonchev–Trinajstić information content (AvgIpc) is 3.14. The van der Waals surface area contributed by atoms with Crippen molar-refractivity contribution < 1.29 is 28.5 Å². The van der Waals surface area contributed by atoms with Crippen molar-refractivity contribution in [1.29, 1.82) is 0 Å². The Morgan fingerprint density at radius 2 is 1.72 bits per heavy atom. The molecule has 1 aliphatic rings. The summed E-state index contributed by atoms with van der Waals surface area (Å²) in [6.07, 6.45) is 0.714. The molecule has 1 fully saturated rings. The average molecular weight is 363 g/mol. The van der Waals surface area contributed by atoms with Crippen LogP contribution in [-0.2, 0) is 14.6 Å². The van der Waals surface area contributed by atoms with E-state index in [0.29, 0.717) is 24.5 Å². The number of quaternary nitrogens is 1. The van der Waals surface area contributed by atoms with Gasteiger partial charge in [0.25, 0.3) is 4.87 Å². The minimum atomic E-state index is -3.98. The number of sulfone groups is 1. The predicted molar refractivity (Wildman–Crippen MR) is 88.8 cm³/mol.